The number of nitro benzene ring substituents is 1. The van der Waals surface area contributed by atoms with Crippen LogP contribution in [0.4, 0.5) is 11.5 Å². The molecule has 1 aromatic carbocycles. The Balaban J connectivity index is 2.04. The van der Waals surface area contributed by atoms with E-state index in [4.69, 9.17) is 0 Å². The summed E-state index contributed by atoms with van der Waals surface area (Å²) in [5.41, 5.74) is -0.229. The molecule has 0 aliphatic carbocycles. The second-order valence-corrected chi connectivity index (χ2v) is 5.88. The monoisotopic (exact) mass is 331 g/mol. The average molecular weight is 331 g/mol. The summed E-state index contributed by atoms with van der Waals surface area (Å²) < 4.78 is 0. The lowest BCUT2D eigenvalue weighted by Crippen LogP contribution is -2.34. The molecule has 1 N–H and O–H groups in total. The van der Waals surface area contributed by atoms with Gasteiger partial charge in [0.1, 0.15) is 0 Å². The average Bonchev–Trinajstić information content (AvgIpc) is 3.01. The van der Waals surface area contributed by atoms with Crippen LogP contribution in [0.25, 0.3) is 5.69 Å². The van der Waals surface area contributed by atoms with Gasteiger partial charge in [0.25, 0.3) is 5.69 Å². The molecule has 0 spiro atoms. The summed E-state index contributed by atoms with van der Waals surface area (Å²) >= 11 is 0. The number of anilines is 1. The summed E-state index contributed by atoms with van der Waals surface area (Å²) in [6.07, 6.45) is 1.88. The molecule has 126 valence electrons. The second kappa shape index (κ2) is 6.26. The highest BCUT2D eigenvalue weighted by Crippen LogP contribution is 2.27. The fraction of sp³-hybridized carbons (Fsp3) is 0.400. The van der Waals surface area contributed by atoms with Crippen LogP contribution in [0.3, 0.4) is 0 Å². The molecule has 0 amide bonds. The third-order valence-electron chi connectivity index (χ3n) is 4.18. The van der Waals surface area contributed by atoms with Crippen molar-refractivity contribution in [3.8, 4) is 5.69 Å². The van der Waals surface area contributed by atoms with E-state index in [1.54, 1.807) is 6.07 Å². The van der Waals surface area contributed by atoms with Crippen LogP contribution >= 0.6 is 0 Å². The standard InChI is InChI=1S/C15H17N5O4/c1-10-6-8-18(9-7-10)14-13(15(21)22)16-19(17-14)11-4-2-3-5-12(11)20(23)24/h2-5,10H,6-9H2,1H3,(H,21,22). The van der Waals surface area contributed by atoms with Crippen molar-refractivity contribution in [3.63, 3.8) is 0 Å². The summed E-state index contributed by atoms with van der Waals surface area (Å²) in [4.78, 5) is 25.1. The lowest BCUT2D eigenvalue weighted by atomic mass is 9.99. The molecule has 1 aliphatic rings. The van der Waals surface area contributed by atoms with Gasteiger partial charge < -0.3 is 10.0 Å². The fourth-order valence-corrected chi connectivity index (χ4v) is 2.77. The Kier molecular flexibility index (Phi) is 4.15. The maximum absolute atomic E-state index is 11.5. The lowest BCUT2D eigenvalue weighted by molar-refractivity contribution is -0.384. The molecule has 0 atom stereocenters. The van der Waals surface area contributed by atoms with Crippen molar-refractivity contribution in [1.29, 1.82) is 0 Å². The molecule has 9 nitrogen and oxygen atoms in total. The Morgan fingerprint density at radius 1 is 1.29 bits per heavy atom. The maximum Gasteiger partial charge on any atom is 0.360 e. The third-order valence-corrected chi connectivity index (χ3v) is 4.18. The Morgan fingerprint density at radius 3 is 2.58 bits per heavy atom. The van der Waals surface area contributed by atoms with Crippen LogP contribution in [0.15, 0.2) is 24.3 Å². The Hall–Kier alpha value is -2.97. The maximum atomic E-state index is 11.5. The molecule has 2 aromatic rings. The van der Waals surface area contributed by atoms with E-state index < -0.39 is 10.9 Å². The molecule has 0 unspecified atom stereocenters. The zero-order valence-corrected chi connectivity index (χ0v) is 13.1. The van der Waals surface area contributed by atoms with E-state index in [0.717, 1.165) is 17.6 Å². The quantitative estimate of drug-likeness (QED) is 0.674. The molecule has 1 saturated heterocycles. The minimum absolute atomic E-state index is 0.140. The van der Waals surface area contributed by atoms with Gasteiger partial charge in [0.15, 0.2) is 11.5 Å². The van der Waals surface area contributed by atoms with E-state index in [-0.39, 0.29) is 22.9 Å². The molecule has 24 heavy (non-hydrogen) atoms. The van der Waals surface area contributed by atoms with Crippen molar-refractivity contribution < 1.29 is 14.8 Å². The Morgan fingerprint density at radius 2 is 1.96 bits per heavy atom. The highest BCUT2D eigenvalue weighted by Gasteiger charge is 2.27. The van der Waals surface area contributed by atoms with E-state index in [9.17, 15) is 20.0 Å². The predicted molar refractivity (Wildman–Crippen MR) is 85.6 cm³/mol. The van der Waals surface area contributed by atoms with Crippen molar-refractivity contribution in [2.24, 2.45) is 5.92 Å². The van der Waals surface area contributed by atoms with Gasteiger partial charge >= 0.3 is 5.97 Å². The number of para-hydroxylation sites is 2. The molecular weight excluding hydrogens is 314 g/mol. The van der Waals surface area contributed by atoms with Gasteiger partial charge in [-0.15, -0.1) is 15.0 Å². The van der Waals surface area contributed by atoms with Crippen LogP contribution in [0.2, 0.25) is 0 Å². The van der Waals surface area contributed by atoms with E-state index in [1.807, 2.05) is 4.90 Å². The number of hydrogen-bond acceptors (Lipinski definition) is 6. The van der Waals surface area contributed by atoms with E-state index in [1.165, 1.54) is 18.2 Å². The molecule has 0 bridgehead atoms. The number of piperidine rings is 1. The molecule has 1 fully saturated rings. The normalized spacial score (nSPS) is 15.5. The van der Waals surface area contributed by atoms with Gasteiger partial charge in [0.2, 0.25) is 5.69 Å². The summed E-state index contributed by atoms with van der Waals surface area (Å²) in [7, 11) is 0. The first-order valence-corrected chi connectivity index (χ1v) is 7.66. The number of carbonyl (C=O) groups is 1. The van der Waals surface area contributed by atoms with E-state index >= 15 is 0 Å². The molecule has 2 heterocycles. The number of benzene rings is 1. The van der Waals surface area contributed by atoms with E-state index in [0.29, 0.717) is 19.0 Å². The van der Waals surface area contributed by atoms with Crippen LogP contribution in [-0.4, -0.2) is 44.1 Å². The van der Waals surface area contributed by atoms with Crippen LogP contribution in [0.1, 0.15) is 30.3 Å². The summed E-state index contributed by atoms with van der Waals surface area (Å²) in [5, 5.41) is 28.8. The molecule has 0 radical (unpaired) electrons. The highest BCUT2D eigenvalue weighted by molar-refractivity contribution is 5.91. The minimum Gasteiger partial charge on any atom is -0.476 e. The second-order valence-electron chi connectivity index (χ2n) is 5.88. The highest BCUT2D eigenvalue weighted by atomic mass is 16.6. The Bertz CT molecular complexity index is 780. The fourth-order valence-electron chi connectivity index (χ4n) is 2.77. The van der Waals surface area contributed by atoms with Gasteiger partial charge in [0, 0.05) is 19.2 Å². The number of carboxylic acids is 1. The van der Waals surface area contributed by atoms with Gasteiger partial charge in [0.05, 0.1) is 4.92 Å². The first-order chi connectivity index (χ1) is 11.5. The van der Waals surface area contributed by atoms with Crippen LogP contribution in [0, 0.1) is 16.0 Å². The van der Waals surface area contributed by atoms with Gasteiger partial charge in [-0.3, -0.25) is 10.1 Å². The third kappa shape index (κ3) is 2.92. The number of rotatable bonds is 4. The number of nitro groups is 1. The largest absolute Gasteiger partial charge is 0.476 e. The van der Waals surface area contributed by atoms with Crippen molar-refractivity contribution in [2.45, 2.75) is 19.8 Å². The molecule has 1 aliphatic heterocycles. The number of carboxylic acid groups (broad SMARTS) is 1. The SMILES string of the molecule is CC1CCN(c2nn(-c3ccccc3[N+](=O)[O-])nc2C(=O)O)CC1. The van der Waals surface area contributed by atoms with Crippen molar-refractivity contribution in [3.05, 3.63) is 40.1 Å². The van der Waals surface area contributed by atoms with E-state index in [2.05, 4.69) is 17.1 Å². The van der Waals surface area contributed by atoms with Crippen molar-refractivity contribution in [1.82, 2.24) is 15.0 Å². The van der Waals surface area contributed by atoms with Crippen LogP contribution < -0.4 is 4.90 Å². The number of hydrogen-bond donors (Lipinski definition) is 1. The lowest BCUT2D eigenvalue weighted by Gasteiger charge is -2.30. The van der Waals surface area contributed by atoms with Crippen molar-refractivity contribution in [2.75, 3.05) is 18.0 Å². The minimum atomic E-state index is -1.20. The first-order valence-electron chi connectivity index (χ1n) is 7.66. The summed E-state index contributed by atoms with van der Waals surface area (Å²) in [5.74, 6) is -0.360. The van der Waals surface area contributed by atoms with Gasteiger partial charge in [-0.2, -0.15) is 0 Å². The van der Waals surface area contributed by atoms with Crippen LogP contribution in [-0.2, 0) is 0 Å². The molecule has 1 aromatic heterocycles. The van der Waals surface area contributed by atoms with Crippen LogP contribution in [0.5, 0.6) is 0 Å². The number of aromatic nitrogens is 3. The van der Waals surface area contributed by atoms with Gasteiger partial charge in [-0.05, 0) is 24.8 Å². The molecule has 9 heteroatoms. The number of aromatic carboxylic acids is 1. The molecule has 3 rings (SSSR count). The zero-order chi connectivity index (χ0) is 17.3. The van der Waals surface area contributed by atoms with Gasteiger partial charge in [-0.1, -0.05) is 19.1 Å². The molecule has 0 saturated carbocycles. The Labute approximate surface area is 137 Å². The summed E-state index contributed by atoms with van der Waals surface area (Å²) in [6, 6.07) is 5.98. The zero-order valence-electron chi connectivity index (χ0n) is 13.1. The topological polar surface area (TPSA) is 114 Å². The first kappa shape index (κ1) is 15.9. The molecular formula is C15H17N5O4. The van der Waals surface area contributed by atoms with Gasteiger partial charge in [-0.25, -0.2) is 4.79 Å². The smallest absolute Gasteiger partial charge is 0.360 e. The van der Waals surface area contributed by atoms with Crippen molar-refractivity contribution >= 4 is 17.5 Å². The summed E-state index contributed by atoms with van der Waals surface area (Å²) in [6.45, 7) is 3.54. The number of nitrogens with zero attached hydrogens (tertiary/aromatic N) is 5. The predicted octanol–water partition coefficient (Wildman–Crippen LogP) is 2.11.